The van der Waals surface area contributed by atoms with Crippen molar-refractivity contribution in [2.24, 2.45) is 0 Å². The maximum absolute atomic E-state index is 13.0. The van der Waals surface area contributed by atoms with Crippen molar-refractivity contribution < 1.29 is 4.79 Å². The Morgan fingerprint density at radius 1 is 1.07 bits per heavy atom. The Morgan fingerprint density at radius 2 is 1.77 bits per heavy atom. The average Bonchev–Trinajstić information content (AvgIpc) is 3.43. The fourth-order valence-corrected chi connectivity index (χ4v) is 4.46. The Balaban J connectivity index is 1.45. The Bertz CT molecular complexity index is 937. The van der Waals surface area contributed by atoms with Gasteiger partial charge in [-0.2, -0.15) is 5.10 Å². The summed E-state index contributed by atoms with van der Waals surface area (Å²) in [5.41, 5.74) is 1.50. The van der Waals surface area contributed by atoms with Crippen LogP contribution in [-0.4, -0.2) is 50.3 Å². The molecule has 0 radical (unpaired) electrons. The minimum atomic E-state index is -0.0828. The SMILES string of the molecule is C[C@H]1CCC[C@H](C)N1CCCNC(=O)c1cnn(-c2ccccc2)c1-n1cccc1. The zero-order valence-electron chi connectivity index (χ0n) is 17.9. The third-order valence-electron chi connectivity index (χ3n) is 6.09. The maximum atomic E-state index is 13.0. The molecule has 3 heterocycles. The van der Waals surface area contributed by atoms with Crippen LogP contribution < -0.4 is 5.32 Å². The van der Waals surface area contributed by atoms with Crippen LogP contribution in [0.3, 0.4) is 0 Å². The van der Waals surface area contributed by atoms with Crippen LogP contribution in [0.15, 0.2) is 61.1 Å². The van der Waals surface area contributed by atoms with Crippen LogP contribution in [-0.2, 0) is 0 Å². The second kappa shape index (κ2) is 9.30. The van der Waals surface area contributed by atoms with Gasteiger partial charge in [-0.15, -0.1) is 0 Å². The van der Waals surface area contributed by atoms with E-state index in [0.717, 1.165) is 24.5 Å². The first-order chi connectivity index (χ1) is 14.6. The Labute approximate surface area is 178 Å². The molecule has 158 valence electrons. The van der Waals surface area contributed by atoms with Crippen LogP contribution in [0.5, 0.6) is 0 Å². The molecule has 30 heavy (non-hydrogen) atoms. The fourth-order valence-electron chi connectivity index (χ4n) is 4.46. The van der Waals surface area contributed by atoms with Crippen molar-refractivity contribution in [3.63, 3.8) is 0 Å². The van der Waals surface area contributed by atoms with Gasteiger partial charge >= 0.3 is 0 Å². The summed E-state index contributed by atoms with van der Waals surface area (Å²) in [4.78, 5) is 15.6. The van der Waals surface area contributed by atoms with E-state index in [4.69, 9.17) is 0 Å². The number of carbonyl (C=O) groups is 1. The van der Waals surface area contributed by atoms with Crippen LogP contribution in [0.1, 0.15) is 49.9 Å². The standard InChI is InChI=1S/C24H31N5O/c1-19-10-8-11-20(2)28(19)17-9-14-25-23(30)22-18-26-29(21-12-4-3-5-13-21)24(22)27-15-6-7-16-27/h3-7,12-13,15-16,18-20H,8-11,14,17H2,1-2H3,(H,25,30)/t19-,20-/m0/s1. The van der Waals surface area contributed by atoms with Gasteiger partial charge in [0, 0.05) is 37.6 Å². The number of aromatic nitrogens is 3. The number of piperidine rings is 1. The first kappa shape index (κ1) is 20.4. The number of benzene rings is 1. The zero-order valence-corrected chi connectivity index (χ0v) is 17.9. The van der Waals surface area contributed by atoms with Gasteiger partial charge in [-0.1, -0.05) is 24.6 Å². The number of hydrogen-bond donors (Lipinski definition) is 1. The predicted octanol–water partition coefficient (Wildman–Crippen LogP) is 4.05. The van der Waals surface area contributed by atoms with Gasteiger partial charge in [-0.3, -0.25) is 9.69 Å². The molecule has 6 nitrogen and oxygen atoms in total. The largest absolute Gasteiger partial charge is 0.352 e. The molecule has 1 aromatic carbocycles. The molecule has 1 aliphatic rings. The highest BCUT2D eigenvalue weighted by molar-refractivity contribution is 5.97. The highest BCUT2D eigenvalue weighted by atomic mass is 16.1. The molecule has 1 N–H and O–H groups in total. The van der Waals surface area contributed by atoms with Gasteiger partial charge in [-0.05, 0) is 57.4 Å². The molecule has 2 atom stereocenters. The summed E-state index contributed by atoms with van der Waals surface area (Å²) in [6, 6.07) is 15.1. The maximum Gasteiger partial charge on any atom is 0.256 e. The number of nitrogens with zero attached hydrogens (tertiary/aromatic N) is 4. The molecule has 1 fully saturated rings. The molecule has 6 heteroatoms. The first-order valence-corrected chi connectivity index (χ1v) is 11.0. The van der Waals surface area contributed by atoms with Crippen LogP contribution >= 0.6 is 0 Å². The van der Waals surface area contributed by atoms with Crippen LogP contribution in [0, 0.1) is 0 Å². The Kier molecular flexibility index (Phi) is 6.33. The van der Waals surface area contributed by atoms with E-state index < -0.39 is 0 Å². The van der Waals surface area contributed by atoms with E-state index in [0.29, 0.717) is 24.2 Å². The van der Waals surface area contributed by atoms with Gasteiger partial charge in [0.05, 0.1) is 11.9 Å². The smallest absolute Gasteiger partial charge is 0.256 e. The number of likely N-dealkylation sites (tertiary alicyclic amines) is 1. The van der Waals surface area contributed by atoms with E-state index in [1.807, 2.05) is 64.1 Å². The lowest BCUT2D eigenvalue weighted by molar-refractivity contribution is 0.0925. The van der Waals surface area contributed by atoms with Gasteiger partial charge in [0.15, 0.2) is 5.82 Å². The molecule has 0 spiro atoms. The van der Waals surface area contributed by atoms with E-state index in [1.54, 1.807) is 6.20 Å². The van der Waals surface area contributed by atoms with E-state index in [1.165, 1.54) is 19.3 Å². The Hall–Kier alpha value is -2.86. The van der Waals surface area contributed by atoms with Crippen molar-refractivity contribution in [2.75, 3.05) is 13.1 Å². The van der Waals surface area contributed by atoms with Crippen molar-refractivity contribution in [3.05, 3.63) is 66.6 Å². The third kappa shape index (κ3) is 4.33. The molecule has 3 aromatic rings. The summed E-state index contributed by atoms with van der Waals surface area (Å²) in [7, 11) is 0. The summed E-state index contributed by atoms with van der Waals surface area (Å²) in [5.74, 6) is 0.669. The highest BCUT2D eigenvalue weighted by Gasteiger charge is 2.24. The number of hydrogen-bond acceptors (Lipinski definition) is 3. The van der Waals surface area contributed by atoms with Crippen molar-refractivity contribution in [1.29, 1.82) is 0 Å². The molecule has 0 unspecified atom stereocenters. The molecule has 2 aromatic heterocycles. The first-order valence-electron chi connectivity index (χ1n) is 11.0. The van der Waals surface area contributed by atoms with E-state index in [-0.39, 0.29) is 5.91 Å². The molecule has 0 bridgehead atoms. The van der Waals surface area contributed by atoms with Gasteiger partial charge in [0.2, 0.25) is 0 Å². The molecular weight excluding hydrogens is 374 g/mol. The number of rotatable bonds is 7. The normalized spacial score (nSPS) is 19.7. The number of carbonyl (C=O) groups excluding carboxylic acids is 1. The predicted molar refractivity (Wildman–Crippen MR) is 119 cm³/mol. The van der Waals surface area contributed by atoms with Gasteiger partial charge in [0.1, 0.15) is 5.56 Å². The van der Waals surface area contributed by atoms with E-state index in [2.05, 4.69) is 29.2 Å². The molecule has 0 saturated carbocycles. The van der Waals surface area contributed by atoms with Gasteiger partial charge in [0.25, 0.3) is 5.91 Å². The molecule has 1 amide bonds. The lowest BCUT2D eigenvalue weighted by Gasteiger charge is -2.39. The Morgan fingerprint density at radius 3 is 2.47 bits per heavy atom. The highest BCUT2D eigenvalue weighted by Crippen LogP contribution is 2.22. The topological polar surface area (TPSA) is 55.1 Å². The van der Waals surface area contributed by atoms with Crippen molar-refractivity contribution >= 4 is 5.91 Å². The van der Waals surface area contributed by atoms with Crippen LogP contribution in [0.2, 0.25) is 0 Å². The van der Waals surface area contributed by atoms with Gasteiger partial charge in [-0.25, -0.2) is 4.68 Å². The number of nitrogens with one attached hydrogen (secondary N) is 1. The monoisotopic (exact) mass is 405 g/mol. The molecule has 0 aliphatic carbocycles. The van der Waals surface area contributed by atoms with Crippen LogP contribution in [0.25, 0.3) is 11.5 Å². The van der Waals surface area contributed by atoms with E-state index >= 15 is 0 Å². The molecule has 1 saturated heterocycles. The van der Waals surface area contributed by atoms with Crippen molar-refractivity contribution in [2.45, 2.75) is 51.6 Å². The minimum absolute atomic E-state index is 0.0828. The number of amides is 1. The molecular formula is C24H31N5O. The average molecular weight is 406 g/mol. The summed E-state index contributed by atoms with van der Waals surface area (Å²) >= 11 is 0. The van der Waals surface area contributed by atoms with Crippen molar-refractivity contribution in [3.8, 4) is 11.5 Å². The molecule has 4 rings (SSSR count). The summed E-state index contributed by atoms with van der Waals surface area (Å²) in [6.07, 6.45) is 10.4. The number of para-hydroxylation sites is 1. The third-order valence-corrected chi connectivity index (χ3v) is 6.09. The van der Waals surface area contributed by atoms with Gasteiger partial charge < -0.3 is 9.88 Å². The fraction of sp³-hybridized carbons (Fsp3) is 0.417. The second-order valence-electron chi connectivity index (χ2n) is 8.20. The summed E-state index contributed by atoms with van der Waals surface area (Å²) in [5, 5.41) is 7.61. The summed E-state index contributed by atoms with van der Waals surface area (Å²) < 4.78 is 3.75. The second-order valence-corrected chi connectivity index (χ2v) is 8.20. The zero-order chi connectivity index (χ0) is 20.9. The lowest BCUT2D eigenvalue weighted by atomic mass is 9.97. The quantitative estimate of drug-likeness (QED) is 0.604. The minimum Gasteiger partial charge on any atom is -0.352 e. The summed E-state index contributed by atoms with van der Waals surface area (Å²) in [6.45, 7) is 6.32. The lowest BCUT2D eigenvalue weighted by Crippen LogP contribution is -2.44. The molecule has 1 aliphatic heterocycles. The van der Waals surface area contributed by atoms with Crippen LogP contribution in [0.4, 0.5) is 0 Å². The van der Waals surface area contributed by atoms with Crippen molar-refractivity contribution in [1.82, 2.24) is 24.6 Å². The van der Waals surface area contributed by atoms with E-state index in [9.17, 15) is 4.79 Å².